The van der Waals surface area contributed by atoms with Crippen LogP contribution in [0.5, 0.6) is 0 Å². The minimum atomic E-state index is -0.652. The molecule has 0 amide bonds. The molecule has 0 aliphatic heterocycles. The van der Waals surface area contributed by atoms with Gasteiger partial charge in [-0.15, -0.1) is 11.6 Å². The predicted molar refractivity (Wildman–Crippen MR) is 77.1 cm³/mol. The number of benzene rings is 1. The van der Waals surface area contributed by atoms with E-state index in [2.05, 4.69) is 16.8 Å². The van der Waals surface area contributed by atoms with E-state index in [0.717, 1.165) is 19.2 Å². The third kappa shape index (κ3) is 2.94. The van der Waals surface area contributed by atoms with Crippen molar-refractivity contribution in [3.63, 3.8) is 0 Å². The quantitative estimate of drug-likeness (QED) is 0.787. The SMILES string of the molecule is CCN(C)CCn1c(C(C)Cl)nc2c(F)cc(F)cc21. The largest absolute Gasteiger partial charge is 0.325 e. The van der Waals surface area contributed by atoms with Gasteiger partial charge in [0.25, 0.3) is 0 Å². The van der Waals surface area contributed by atoms with Crippen LogP contribution in [0, 0.1) is 11.6 Å². The highest BCUT2D eigenvalue weighted by Crippen LogP contribution is 2.26. The molecule has 6 heteroatoms. The predicted octanol–water partition coefficient (Wildman–Crippen LogP) is 3.57. The van der Waals surface area contributed by atoms with E-state index >= 15 is 0 Å². The summed E-state index contributed by atoms with van der Waals surface area (Å²) in [7, 11) is 1.99. The first-order valence-electron chi connectivity index (χ1n) is 6.61. The van der Waals surface area contributed by atoms with Gasteiger partial charge in [0.15, 0.2) is 5.82 Å². The number of halogens is 3. The Kier molecular flexibility index (Phi) is 4.60. The highest BCUT2D eigenvalue weighted by Gasteiger charge is 2.18. The van der Waals surface area contributed by atoms with E-state index in [-0.39, 0.29) is 10.9 Å². The van der Waals surface area contributed by atoms with Crippen molar-refractivity contribution in [2.45, 2.75) is 25.8 Å². The summed E-state index contributed by atoms with van der Waals surface area (Å²) in [5.41, 5.74) is 0.627. The number of alkyl halides is 1. The van der Waals surface area contributed by atoms with Crippen molar-refractivity contribution in [1.29, 1.82) is 0 Å². The van der Waals surface area contributed by atoms with Crippen molar-refractivity contribution in [3.05, 3.63) is 29.6 Å². The third-order valence-corrected chi connectivity index (χ3v) is 3.60. The van der Waals surface area contributed by atoms with Gasteiger partial charge in [0, 0.05) is 19.2 Å². The number of fused-ring (bicyclic) bond motifs is 1. The van der Waals surface area contributed by atoms with Crippen LogP contribution in [-0.4, -0.2) is 34.6 Å². The van der Waals surface area contributed by atoms with Gasteiger partial charge in [-0.3, -0.25) is 0 Å². The van der Waals surface area contributed by atoms with E-state index < -0.39 is 11.6 Å². The molecule has 0 saturated heterocycles. The topological polar surface area (TPSA) is 21.1 Å². The van der Waals surface area contributed by atoms with Crippen LogP contribution >= 0.6 is 11.6 Å². The first-order valence-corrected chi connectivity index (χ1v) is 7.05. The van der Waals surface area contributed by atoms with Crippen molar-refractivity contribution < 1.29 is 8.78 Å². The molecule has 0 N–H and O–H groups in total. The van der Waals surface area contributed by atoms with Crippen LogP contribution in [0.25, 0.3) is 11.0 Å². The van der Waals surface area contributed by atoms with Crippen molar-refractivity contribution >= 4 is 22.6 Å². The molecule has 0 spiro atoms. The molecule has 1 aromatic carbocycles. The van der Waals surface area contributed by atoms with Crippen molar-refractivity contribution in [2.75, 3.05) is 20.1 Å². The normalized spacial score (nSPS) is 13.3. The maximum Gasteiger partial charge on any atom is 0.153 e. The highest BCUT2D eigenvalue weighted by molar-refractivity contribution is 6.20. The first kappa shape index (κ1) is 15.2. The van der Waals surface area contributed by atoms with Gasteiger partial charge in [-0.1, -0.05) is 6.92 Å². The minimum absolute atomic E-state index is 0.174. The third-order valence-electron chi connectivity index (χ3n) is 3.40. The second kappa shape index (κ2) is 6.06. The van der Waals surface area contributed by atoms with Crippen LogP contribution < -0.4 is 0 Å². The molecular weight excluding hydrogens is 284 g/mol. The Labute approximate surface area is 122 Å². The Morgan fingerprint density at radius 1 is 1.40 bits per heavy atom. The van der Waals surface area contributed by atoms with E-state index in [4.69, 9.17) is 11.6 Å². The van der Waals surface area contributed by atoms with Gasteiger partial charge in [-0.2, -0.15) is 0 Å². The molecule has 1 unspecified atom stereocenters. The average molecular weight is 302 g/mol. The van der Waals surface area contributed by atoms with Crippen molar-refractivity contribution in [1.82, 2.24) is 14.5 Å². The van der Waals surface area contributed by atoms with Gasteiger partial charge < -0.3 is 9.47 Å². The molecule has 2 aromatic rings. The van der Waals surface area contributed by atoms with Crippen LogP contribution in [-0.2, 0) is 6.54 Å². The second-order valence-corrected chi connectivity index (χ2v) is 5.54. The lowest BCUT2D eigenvalue weighted by Gasteiger charge is -2.16. The fourth-order valence-electron chi connectivity index (χ4n) is 2.13. The second-order valence-electron chi connectivity index (χ2n) is 4.89. The lowest BCUT2D eigenvalue weighted by Crippen LogP contribution is -2.23. The first-order chi connectivity index (χ1) is 9.43. The van der Waals surface area contributed by atoms with E-state index in [1.54, 1.807) is 11.5 Å². The van der Waals surface area contributed by atoms with E-state index in [1.807, 2.05) is 7.05 Å². The van der Waals surface area contributed by atoms with Gasteiger partial charge in [-0.25, -0.2) is 13.8 Å². The Balaban J connectivity index is 2.50. The lowest BCUT2D eigenvalue weighted by atomic mass is 10.3. The Hall–Kier alpha value is -1.20. The molecule has 1 atom stereocenters. The minimum Gasteiger partial charge on any atom is -0.325 e. The molecule has 0 fully saturated rings. The summed E-state index contributed by atoms with van der Waals surface area (Å²) in [4.78, 5) is 6.34. The molecule has 0 bridgehead atoms. The summed E-state index contributed by atoms with van der Waals surface area (Å²) in [6.45, 7) is 6.08. The van der Waals surface area contributed by atoms with Gasteiger partial charge in [-0.05, 0) is 26.6 Å². The van der Waals surface area contributed by atoms with Crippen LogP contribution in [0.4, 0.5) is 8.78 Å². The lowest BCUT2D eigenvalue weighted by molar-refractivity contribution is 0.335. The summed E-state index contributed by atoms with van der Waals surface area (Å²) in [5.74, 6) is -0.689. The maximum atomic E-state index is 13.8. The van der Waals surface area contributed by atoms with Crippen molar-refractivity contribution in [2.24, 2.45) is 0 Å². The number of likely N-dealkylation sites (N-methyl/N-ethyl adjacent to an activating group) is 1. The van der Waals surface area contributed by atoms with Crippen LogP contribution in [0.1, 0.15) is 25.0 Å². The van der Waals surface area contributed by atoms with Gasteiger partial charge in [0.2, 0.25) is 0 Å². The van der Waals surface area contributed by atoms with Crippen LogP contribution in [0.15, 0.2) is 12.1 Å². The average Bonchev–Trinajstić information content (AvgIpc) is 2.75. The molecule has 20 heavy (non-hydrogen) atoms. The van der Waals surface area contributed by atoms with Crippen molar-refractivity contribution in [3.8, 4) is 0 Å². The van der Waals surface area contributed by atoms with E-state index in [0.29, 0.717) is 17.9 Å². The number of hydrogen-bond acceptors (Lipinski definition) is 2. The number of imidazole rings is 1. The summed E-state index contributed by atoms with van der Waals surface area (Å²) in [6, 6.07) is 2.15. The Morgan fingerprint density at radius 2 is 2.10 bits per heavy atom. The zero-order valence-electron chi connectivity index (χ0n) is 11.8. The summed E-state index contributed by atoms with van der Waals surface area (Å²) < 4.78 is 29.0. The zero-order chi connectivity index (χ0) is 14.9. The standard InChI is InChI=1S/C14H18ClF2N3/c1-4-19(3)5-6-20-12-8-10(16)7-11(17)13(12)18-14(20)9(2)15/h7-9H,4-6H2,1-3H3. The Morgan fingerprint density at radius 3 is 2.70 bits per heavy atom. The fourth-order valence-corrected chi connectivity index (χ4v) is 2.30. The molecule has 0 aliphatic rings. The summed E-state index contributed by atoms with van der Waals surface area (Å²) >= 11 is 6.11. The van der Waals surface area contributed by atoms with Gasteiger partial charge >= 0.3 is 0 Å². The molecule has 0 aliphatic carbocycles. The molecule has 2 rings (SSSR count). The fraction of sp³-hybridized carbons (Fsp3) is 0.500. The zero-order valence-corrected chi connectivity index (χ0v) is 12.6. The maximum absolute atomic E-state index is 13.8. The number of hydrogen-bond donors (Lipinski definition) is 0. The van der Waals surface area contributed by atoms with Gasteiger partial charge in [0.1, 0.15) is 17.2 Å². The van der Waals surface area contributed by atoms with E-state index in [1.165, 1.54) is 6.07 Å². The molecule has 0 saturated carbocycles. The molecule has 0 radical (unpaired) electrons. The molecule has 3 nitrogen and oxygen atoms in total. The highest BCUT2D eigenvalue weighted by atomic mass is 35.5. The number of nitrogens with zero attached hydrogens (tertiary/aromatic N) is 3. The smallest absolute Gasteiger partial charge is 0.153 e. The Bertz CT molecular complexity index is 610. The van der Waals surface area contributed by atoms with Crippen LogP contribution in [0.2, 0.25) is 0 Å². The molecule has 110 valence electrons. The molecule has 1 aromatic heterocycles. The molecular formula is C14H18ClF2N3. The summed E-state index contributed by atoms with van der Waals surface area (Å²) in [5, 5.41) is -0.364. The monoisotopic (exact) mass is 301 g/mol. The van der Waals surface area contributed by atoms with Gasteiger partial charge in [0.05, 0.1) is 10.9 Å². The van der Waals surface area contributed by atoms with Crippen LogP contribution in [0.3, 0.4) is 0 Å². The number of rotatable bonds is 5. The van der Waals surface area contributed by atoms with E-state index in [9.17, 15) is 8.78 Å². The number of aromatic nitrogens is 2. The summed E-state index contributed by atoms with van der Waals surface area (Å²) in [6.07, 6.45) is 0. The molecule has 1 heterocycles.